The predicted octanol–water partition coefficient (Wildman–Crippen LogP) is 3.13. The molecule has 0 saturated heterocycles. The first-order chi connectivity index (χ1) is 20.1. The number of phenols is 1. The number of hydrogen-bond acceptors (Lipinski definition) is 9. The zero-order valence-electron chi connectivity index (χ0n) is 25.6. The zero-order chi connectivity index (χ0) is 31.8. The number of nitrogens with two attached hydrogens (primary N) is 1. The first-order valence-corrected chi connectivity index (χ1v) is 15.3. The molecule has 10 nitrogen and oxygen atoms in total. The summed E-state index contributed by atoms with van der Waals surface area (Å²) in [6.45, 7) is 5.79. The predicted molar refractivity (Wildman–Crippen MR) is 159 cm³/mol. The number of nitrogens with zero attached hydrogens (tertiary/aromatic N) is 1. The smallest absolute Gasteiger partial charge is 0.255 e. The van der Waals surface area contributed by atoms with Gasteiger partial charge in [-0.25, -0.2) is 0 Å². The van der Waals surface area contributed by atoms with Crippen molar-refractivity contribution in [3.05, 3.63) is 45.7 Å². The second-order valence-corrected chi connectivity index (χ2v) is 13.9. The number of benzene rings is 1. The summed E-state index contributed by atoms with van der Waals surface area (Å²) < 4.78 is 0. The van der Waals surface area contributed by atoms with Crippen molar-refractivity contribution < 1.29 is 39.9 Å². The molecular formula is C33H44N2O8. The molecule has 0 unspecified atom stereocenters. The lowest BCUT2D eigenvalue weighted by molar-refractivity contribution is -0.169. The van der Waals surface area contributed by atoms with Gasteiger partial charge < -0.3 is 31.3 Å². The molecule has 10 heteroatoms. The molecule has 2 fully saturated rings. The van der Waals surface area contributed by atoms with Crippen LogP contribution < -0.4 is 5.73 Å². The van der Waals surface area contributed by atoms with E-state index in [0.717, 1.165) is 25.2 Å². The highest BCUT2D eigenvalue weighted by molar-refractivity contribution is 6.24. The van der Waals surface area contributed by atoms with Gasteiger partial charge in [-0.3, -0.25) is 19.3 Å². The van der Waals surface area contributed by atoms with Crippen LogP contribution in [0.15, 0.2) is 29.0 Å². The number of amides is 1. The molecule has 6 atom stereocenters. The molecule has 43 heavy (non-hydrogen) atoms. The van der Waals surface area contributed by atoms with Gasteiger partial charge in [0.05, 0.1) is 23.6 Å². The molecule has 0 aromatic heterocycles. The molecule has 4 aliphatic carbocycles. The van der Waals surface area contributed by atoms with Crippen LogP contribution in [0.1, 0.15) is 88.3 Å². The van der Waals surface area contributed by atoms with Gasteiger partial charge in [0.2, 0.25) is 5.78 Å². The van der Waals surface area contributed by atoms with Crippen molar-refractivity contribution >= 4 is 23.2 Å². The highest BCUT2D eigenvalue weighted by Crippen LogP contribution is 2.57. The van der Waals surface area contributed by atoms with E-state index < -0.39 is 75.5 Å². The van der Waals surface area contributed by atoms with Crippen LogP contribution >= 0.6 is 0 Å². The minimum absolute atomic E-state index is 0.0392. The average molecular weight is 597 g/mol. The molecule has 0 bridgehead atoms. The maximum absolute atomic E-state index is 14.2. The topological polar surface area (TPSA) is 182 Å². The number of primary amides is 1. The standard InChI is InChI=1S/C33H44N2O8/c1-15-17-12-13-18(32(2,3)14-8-11-16-9-6-7-10-16)25(36)20(17)26(37)21-19(15)27(38)23-24(35(4)5)28(39)22(31(34)42)30(41)33(23,43)29(21)40/h12-13,15-16,19,23-24,27,36-38,41,43H,6-11,14H2,1-5H3,(H2,34,42)/t15-,19+,23+,24-,27-,33-/m0/s1. The Labute approximate surface area is 251 Å². The van der Waals surface area contributed by atoms with Crippen LogP contribution in [0, 0.1) is 17.8 Å². The van der Waals surface area contributed by atoms with Crippen molar-refractivity contribution in [1.29, 1.82) is 0 Å². The number of carbonyl (C=O) groups is 3. The number of aliphatic hydroxyl groups is 4. The van der Waals surface area contributed by atoms with E-state index in [1.54, 1.807) is 13.0 Å². The van der Waals surface area contributed by atoms with E-state index in [-0.39, 0.29) is 16.9 Å². The highest BCUT2D eigenvalue weighted by atomic mass is 16.4. The molecule has 0 spiro atoms. The third kappa shape index (κ3) is 4.52. The van der Waals surface area contributed by atoms with Crippen molar-refractivity contribution in [1.82, 2.24) is 4.90 Å². The Morgan fingerprint density at radius 3 is 2.33 bits per heavy atom. The number of ketones is 2. The van der Waals surface area contributed by atoms with Gasteiger partial charge in [0.25, 0.3) is 5.91 Å². The number of Topliss-reactive ketones (excluding diaryl/α,β-unsaturated/α-hetero) is 2. The summed E-state index contributed by atoms with van der Waals surface area (Å²) in [4.78, 5) is 41.1. The molecule has 0 radical (unpaired) electrons. The van der Waals surface area contributed by atoms with Crippen LogP contribution in [-0.2, 0) is 19.8 Å². The largest absolute Gasteiger partial charge is 0.508 e. The maximum atomic E-state index is 14.2. The number of rotatable bonds is 7. The summed E-state index contributed by atoms with van der Waals surface area (Å²) >= 11 is 0. The summed E-state index contributed by atoms with van der Waals surface area (Å²) in [5, 5.41) is 58.0. The Kier molecular flexibility index (Phi) is 7.80. The Hall–Kier alpha value is -3.21. The van der Waals surface area contributed by atoms with E-state index in [1.165, 1.54) is 44.7 Å². The van der Waals surface area contributed by atoms with E-state index in [1.807, 2.05) is 19.9 Å². The Morgan fingerprint density at radius 1 is 1.12 bits per heavy atom. The number of aliphatic hydroxyl groups excluding tert-OH is 3. The van der Waals surface area contributed by atoms with E-state index in [0.29, 0.717) is 11.1 Å². The third-order valence-corrected chi connectivity index (χ3v) is 10.7. The van der Waals surface area contributed by atoms with Crippen molar-refractivity contribution in [3.8, 4) is 5.75 Å². The molecule has 0 aliphatic heterocycles. The van der Waals surface area contributed by atoms with Crippen molar-refractivity contribution in [2.45, 2.75) is 94.8 Å². The molecule has 1 aromatic rings. The second-order valence-electron chi connectivity index (χ2n) is 13.9. The monoisotopic (exact) mass is 596 g/mol. The third-order valence-electron chi connectivity index (χ3n) is 10.7. The van der Waals surface area contributed by atoms with Gasteiger partial charge in [0.1, 0.15) is 22.8 Å². The van der Waals surface area contributed by atoms with E-state index in [9.17, 15) is 39.9 Å². The van der Waals surface area contributed by atoms with Gasteiger partial charge in [-0.05, 0) is 43.3 Å². The van der Waals surface area contributed by atoms with E-state index >= 15 is 0 Å². The van der Waals surface area contributed by atoms with Gasteiger partial charge in [-0.15, -0.1) is 0 Å². The lowest BCUT2D eigenvalue weighted by Crippen LogP contribution is -2.70. The lowest BCUT2D eigenvalue weighted by atomic mass is 9.54. The molecule has 1 amide bonds. The number of hydrogen-bond donors (Lipinski definition) is 6. The van der Waals surface area contributed by atoms with Gasteiger partial charge in [0.15, 0.2) is 11.4 Å². The van der Waals surface area contributed by atoms with E-state index in [2.05, 4.69) is 0 Å². The SMILES string of the molecule is C[C@H]1c2ccc(C(C)(C)CCCC3CCCC3)c(O)c2C(O)=C2C(=O)[C@]3(O)C(O)=C(C(N)=O)C(=O)[C@@H](N(C)C)[C@@H]3[C@@H](O)[C@@H]21. The summed E-state index contributed by atoms with van der Waals surface area (Å²) in [6.07, 6.45) is 6.37. The molecule has 7 N–H and O–H groups in total. The van der Waals surface area contributed by atoms with Crippen molar-refractivity contribution in [3.63, 3.8) is 0 Å². The fourth-order valence-electron chi connectivity index (χ4n) is 8.43. The first kappa shape index (κ1) is 31.2. The van der Waals surface area contributed by atoms with Gasteiger partial charge in [-0.2, -0.15) is 0 Å². The molecule has 0 heterocycles. The summed E-state index contributed by atoms with van der Waals surface area (Å²) in [5.41, 5.74) is 1.86. The fraction of sp³-hybridized carbons (Fsp3) is 0.606. The first-order valence-electron chi connectivity index (χ1n) is 15.3. The van der Waals surface area contributed by atoms with Gasteiger partial charge in [0, 0.05) is 17.1 Å². The number of phenolic OH excluding ortho intramolecular Hbond substituents is 1. The molecule has 1 aromatic carbocycles. The summed E-state index contributed by atoms with van der Waals surface area (Å²) in [7, 11) is 2.97. The number of likely N-dealkylation sites (N-methyl/N-ethyl adjacent to an activating group) is 1. The average Bonchev–Trinajstić information content (AvgIpc) is 3.43. The number of carbonyl (C=O) groups excluding carboxylic acids is 3. The van der Waals surface area contributed by atoms with Crippen LogP contribution in [0.4, 0.5) is 0 Å². The van der Waals surface area contributed by atoms with Crippen LogP contribution in [-0.4, -0.2) is 79.7 Å². The van der Waals surface area contributed by atoms with Crippen molar-refractivity contribution in [2.75, 3.05) is 14.1 Å². The Bertz CT molecular complexity index is 1440. The zero-order valence-corrected chi connectivity index (χ0v) is 25.6. The van der Waals surface area contributed by atoms with Crippen LogP contribution in [0.25, 0.3) is 5.76 Å². The van der Waals surface area contributed by atoms with Crippen LogP contribution in [0.5, 0.6) is 5.75 Å². The molecule has 4 aliphatic rings. The summed E-state index contributed by atoms with van der Waals surface area (Å²) in [5.74, 6) is -7.97. The van der Waals surface area contributed by atoms with Gasteiger partial charge in [-0.1, -0.05) is 71.4 Å². The Balaban J connectivity index is 1.62. The summed E-state index contributed by atoms with van der Waals surface area (Å²) in [6, 6.07) is 2.24. The molecule has 234 valence electrons. The lowest BCUT2D eigenvalue weighted by Gasteiger charge is -2.53. The van der Waals surface area contributed by atoms with Crippen molar-refractivity contribution in [2.24, 2.45) is 23.5 Å². The maximum Gasteiger partial charge on any atom is 0.255 e. The molecular weight excluding hydrogens is 552 g/mol. The second kappa shape index (κ2) is 10.7. The van der Waals surface area contributed by atoms with Crippen LogP contribution in [0.3, 0.4) is 0 Å². The van der Waals surface area contributed by atoms with E-state index in [4.69, 9.17) is 5.73 Å². The highest BCUT2D eigenvalue weighted by Gasteiger charge is 2.68. The quantitative estimate of drug-likeness (QED) is 0.258. The van der Waals surface area contributed by atoms with Gasteiger partial charge >= 0.3 is 0 Å². The Morgan fingerprint density at radius 2 is 1.74 bits per heavy atom. The fourth-order valence-corrected chi connectivity index (χ4v) is 8.43. The minimum Gasteiger partial charge on any atom is -0.508 e. The minimum atomic E-state index is -2.92. The number of fused-ring (bicyclic) bond motifs is 3. The number of aromatic hydroxyl groups is 1. The molecule has 2 saturated carbocycles. The normalized spacial score (nSPS) is 31.4. The molecule has 5 rings (SSSR count). The van der Waals surface area contributed by atoms with Crippen LogP contribution in [0.2, 0.25) is 0 Å².